The maximum absolute atomic E-state index is 4.76. The molecule has 0 saturated carbocycles. The van der Waals surface area contributed by atoms with Crippen LogP contribution in [-0.2, 0) is 0 Å². The summed E-state index contributed by atoms with van der Waals surface area (Å²) in [6.45, 7) is 0. The Hall–Kier alpha value is -3.83. The summed E-state index contributed by atoms with van der Waals surface area (Å²) >= 11 is 4.68. The maximum Gasteiger partial charge on any atom is 0.0659 e. The molecule has 5 heterocycles. The number of hydrogen-bond acceptors (Lipinski definition) is 3. The third-order valence-corrected chi connectivity index (χ3v) is 5.75. The Balaban J connectivity index is 1.69. The number of H-pyrrole nitrogens is 2. The van der Waals surface area contributed by atoms with E-state index in [4.69, 9.17) is 4.98 Å². The van der Waals surface area contributed by atoms with Crippen molar-refractivity contribution in [1.29, 1.82) is 0 Å². The predicted octanol–water partition coefficient (Wildman–Crippen LogP) is 6.61. The minimum absolute atomic E-state index is 0.889. The Bertz CT molecular complexity index is 1550. The van der Waals surface area contributed by atoms with Crippen LogP contribution in [0.1, 0.15) is 22.8 Å². The predicted molar refractivity (Wildman–Crippen MR) is 132 cm³/mol. The standard InChI is InChI=1S/C26H18N4S/c31-26-4-2-1-3-23(26)24-14-22-13-20-8-7-18(28-20)11-16-5-6-17(27-16)12-19-9-10-21(29-19)15-25(24)30-22/h1-15,28,30-31H. The van der Waals surface area contributed by atoms with E-state index >= 15 is 0 Å². The Kier molecular flexibility index (Phi) is 4.14. The molecule has 6 rings (SSSR count). The topological polar surface area (TPSA) is 57.4 Å². The van der Waals surface area contributed by atoms with Gasteiger partial charge in [0, 0.05) is 32.5 Å². The highest BCUT2D eigenvalue weighted by Crippen LogP contribution is 2.31. The molecule has 2 N–H and O–H groups in total. The summed E-state index contributed by atoms with van der Waals surface area (Å²) in [6.07, 6.45) is 8.07. The molecule has 31 heavy (non-hydrogen) atoms. The van der Waals surface area contributed by atoms with Crippen molar-refractivity contribution in [1.82, 2.24) is 19.9 Å². The molecule has 0 atom stereocenters. The van der Waals surface area contributed by atoms with Gasteiger partial charge in [0.1, 0.15) is 0 Å². The normalized spacial score (nSPS) is 12.4. The van der Waals surface area contributed by atoms with Crippen molar-refractivity contribution < 1.29 is 0 Å². The lowest BCUT2D eigenvalue weighted by Gasteiger charge is -2.02. The van der Waals surface area contributed by atoms with Crippen molar-refractivity contribution in [3.63, 3.8) is 0 Å². The number of aromatic amines is 2. The summed E-state index contributed by atoms with van der Waals surface area (Å²) in [4.78, 5) is 17.4. The molecule has 3 aromatic heterocycles. The number of rotatable bonds is 1. The molecule has 148 valence electrons. The molecule has 1 aromatic carbocycles. The van der Waals surface area contributed by atoms with Crippen LogP contribution < -0.4 is 0 Å². The average molecular weight is 419 g/mol. The van der Waals surface area contributed by atoms with Crippen LogP contribution in [0.25, 0.3) is 57.5 Å². The van der Waals surface area contributed by atoms with Crippen molar-refractivity contribution in [3.05, 3.63) is 89.5 Å². The van der Waals surface area contributed by atoms with Crippen LogP contribution in [0.2, 0.25) is 0 Å². The van der Waals surface area contributed by atoms with Gasteiger partial charge in [-0.1, -0.05) is 18.2 Å². The van der Waals surface area contributed by atoms with E-state index in [1.165, 1.54) is 0 Å². The van der Waals surface area contributed by atoms with Gasteiger partial charge in [-0.2, -0.15) is 0 Å². The minimum Gasteiger partial charge on any atom is -0.355 e. The first-order chi connectivity index (χ1) is 15.2. The van der Waals surface area contributed by atoms with E-state index < -0.39 is 0 Å². The third kappa shape index (κ3) is 3.49. The fourth-order valence-electron chi connectivity index (χ4n) is 3.94. The van der Waals surface area contributed by atoms with E-state index in [1.807, 2.05) is 54.6 Å². The molecule has 0 amide bonds. The monoisotopic (exact) mass is 418 g/mol. The van der Waals surface area contributed by atoms with Gasteiger partial charge in [0.05, 0.1) is 22.8 Å². The van der Waals surface area contributed by atoms with Gasteiger partial charge in [-0.05, 0) is 78.4 Å². The van der Waals surface area contributed by atoms with Gasteiger partial charge in [0.2, 0.25) is 0 Å². The fourth-order valence-corrected chi connectivity index (χ4v) is 4.22. The zero-order valence-electron chi connectivity index (χ0n) is 16.5. The summed E-state index contributed by atoms with van der Waals surface area (Å²) in [7, 11) is 0. The van der Waals surface area contributed by atoms with Crippen molar-refractivity contribution in [2.24, 2.45) is 0 Å². The van der Waals surface area contributed by atoms with Crippen LogP contribution in [0.15, 0.2) is 71.6 Å². The van der Waals surface area contributed by atoms with Gasteiger partial charge >= 0.3 is 0 Å². The van der Waals surface area contributed by atoms with Crippen LogP contribution in [0.4, 0.5) is 0 Å². The number of fused-ring (bicyclic) bond motifs is 8. The van der Waals surface area contributed by atoms with E-state index in [0.717, 1.165) is 60.9 Å². The highest BCUT2D eigenvalue weighted by molar-refractivity contribution is 7.80. The molecule has 4 aromatic rings. The van der Waals surface area contributed by atoms with Crippen LogP contribution >= 0.6 is 12.6 Å². The van der Waals surface area contributed by atoms with E-state index in [1.54, 1.807) is 0 Å². The van der Waals surface area contributed by atoms with Crippen LogP contribution in [-0.4, -0.2) is 19.9 Å². The number of aromatic nitrogens is 4. The zero-order valence-corrected chi connectivity index (χ0v) is 17.4. The summed E-state index contributed by atoms with van der Waals surface area (Å²) in [5.74, 6) is 0. The first-order valence-electron chi connectivity index (χ1n) is 10.1. The highest BCUT2D eigenvalue weighted by atomic mass is 32.1. The lowest BCUT2D eigenvalue weighted by Crippen LogP contribution is -1.79. The number of benzene rings is 1. The molecule has 5 heteroatoms. The molecule has 0 spiro atoms. The van der Waals surface area contributed by atoms with E-state index in [2.05, 4.69) is 64.0 Å². The highest BCUT2D eigenvalue weighted by Gasteiger charge is 2.08. The molecule has 2 aliphatic heterocycles. The molecular formula is C26H18N4S. The summed E-state index contributed by atoms with van der Waals surface area (Å²) in [5.41, 5.74) is 9.80. The SMILES string of the molecule is Sc1ccccc1-c1cc2cc3ccc(cc4nc(cc5nc(cc1[nH]2)C=C5)C=C4)[nH]3. The quantitative estimate of drug-likeness (QED) is 0.263. The number of nitrogens with one attached hydrogen (secondary N) is 2. The molecule has 0 fully saturated rings. The van der Waals surface area contributed by atoms with E-state index in [0.29, 0.717) is 0 Å². The summed E-state index contributed by atoms with van der Waals surface area (Å²) in [5, 5.41) is 0. The summed E-state index contributed by atoms with van der Waals surface area (Å²) < 4.78 is 0. The molecular weight excluding hydrogens is 400 g/mol. The molecule has 0 saturated heterocycles. The van der Waals surface area contributed by atoms with Gasteiger partial charge in [-0.3, -0.25) is 0 Å². The molecule has 0 aliphatic carbocycles. The lowest BCUT2D eigenvalue weighted by molar-refractivity contribution is 1.28. The maximum atomic E-state index is 4.76. The van der Waals surface area contributed by atoms with Crippen molar-refractivity contribution in [2.45, 2.75) is 4.90 Å². The number of hydrogen-bond donors (Lipinski definition) is 3. The van der Waals surface area contributed by atoms with Crippen LogP contribution in [0.3, 0.4) is 0 Å². The van der Waals surface area contributed by atoms with Crippen molar-refractivity contribution >= 4 is 59.0 Å². The Morgan fingerprint density at radius 1 is 0.548 bits per heavy atom. The molecule has 0 unspecified atom stereocenters. The van der Waals surface area contributed by atoms with Crippen molar-refractivity contribution in [3.8, 4) is 11.1 Å². The first kappa shape index (κ1) is 18.0. The zero-order chi connectivity index (χ0) is 20.8. The van der Waals surface area contributed by atoms with Gasteiger partial charge in [-0.15, -0.1) is 12.6 Å². The molecule has 0 radical (unpaired) electrons. The minimum atomic E-state index is 0.889. The smallest absolute Gasteiger partial charge is 0.0659 e. The van der Waals surface area contributed by atoms with E-state index in [-0.39, 0.29) is 0 Å². The summed E-state index contributed by atoms with van der Waals surface area (Å²) in [6, 6.07) is 22.6. The van der Waals surface area contributed by atoms with Crippen LogP contribution in [0, 0.1) is 0 Å². The number of thiol groups is 1. The first-order valence-corrected chi connectivity index (χ1v) is 10.5. The second-order valence-electron chi connectivity index (χ2n) is 7.61. The van der Waals surface area contributed by atoms with Gasteiger partial charge < -0.3 is 9.97 Å². The molecule has 8 bridgehead atoms. The molecule has 2 aliphatic rings. The van der Waals surface area contributed by atoms with Gasteiger partial charge in [0.15, 0.2) is 0 Å². The van der Waals surface area contributed by atoms with Crippen molar-refractivity contribution in [2.75, 3.05) is 0 Å². The third-order valence-electron chi connectivity index (χ3n) is 5.36. The van der Waals surface area contributed by atoms with Crippen LogP contribution in [0.5, 0.6) is 0 Å². The number of nitrogens with zero attached hydrogens (tertiary/aromatic N) is 2. The second-order valence-corrected chi connectivity index (χ2v) is 8.09. The fraction of sp³-hybridized carbons (Fsp3) is 0. The Labute approximate surface area is 184 Å². The Morgan fingerprint density at radius 3 is 1.94 bits per heavy atom. The van der Waals surface area contributed by atoms with Gasteiger partial charge in [-0.25, -0.2) is 9.97 Å². The van der Waals surface area contributed by atoms with E-state index in [9.17, 15) is 0 Å². The second kappa shape index (κ2) is 7.15. The van der Waals surface area contributed by atoms with Gasteiger partial charge in [0.25, 0.3) is 0 Å². The average Bonchev–Trinajstić information content (AvgIpc) is 3.53. The molecule has 4 nitrogen and oxygen atoms in total. The lowest BCUT2D eigenvalue weighted by atomic mass is 10.1. The largest absolute Gasteiger partial charge is 0.355 e. The Morgan fingerprint density at radius 2 is 1.19 bits per heavy atom.